The second-order valence-electron chi connectivity index (χ2n) is 0.408. The third-order valence-electron chi connectivity index (χ3n) is 0. The molecule has 0 aliphatic heterocycles. The molecule has 0 atom stereocenters. The van der Waals surface area contributed by atoms with Crippen LogP contribution in [0.15, 0.2) is 0 Å². The van der Waals surface area contributed by atoms with Crippen LogP contribution in [0.5, 0.6) is 0 Å². The molecule has 0 aliphatic rings. The van der Waals surface area contributed by atoms with Gasteiger partial charge in [0, 0.05) is 10.4 Å². The number of hydrogen-bond donors (Lipinski definition) is 0. The van der Waals surface area contributed by atoms with Crippen molar-refractivity contribution < 1.29 is 142 Å². The predicted molar refractivity (Wildman–Crippen MR) is 53.8 cm³/mol. The van der Waals surface area contributed by atoms with Gasteiger partial charge in [-0.15, -0.1) is 0 Å². The van der Waals surface area contributed by atoms with Gasteiger partial charge in [0.1, 0.15) is 0 Å². The van der Waals surface area contributed by atoms with Crippen molar-refractivity contribution in [2.75, 3.05) is 0 Å². The first kappa shape index (κ1) is 264. The standard InChI is InChI=1S/2Na.H2O4S.12H2O/c;;1-5(2,3)4;;;;;;;;;;;;/h;;(H2,1,2,3,4);12*1H2/q2*+1;;;;;;;;;;;;;/p-2. The van der Waals surface area contributed by atoms with Crippen molar-refractivity contribution in [1.82, 2.24) is 0 Å². The van der Waals surface area contributed by atoms with Crippen molar-refractivity contribution >= 4 is 10.4 Å². The third kappa shape index (κ3) is 3030. The summed E-state index contributed by atoms with van der Waals surface area (Å²) >= 11 is 0. The van der Waals surface area contributed by atoms with Gasteiger partial charge in [-0.3, -0.25) is 8.42 Å². The van der Waals surface area contributed by atoms with Gasteiger partial charge in [-0.2, -0.15) is 0 Å². The topological polar surface area (TPSA) is 458 Å². The van der Waals surface area contributed by atoms with E-state index < -0.39 is 10.4 Å². The minimum Gasteiger partial charge on any atom is -0.759 e. The fourth-order valence-electron chi connectivity index (χ4n) is 0. The summed E-state index contributed by atoms with van der Waals surface area (Å²) in [6, 6.07) is 0. The summed E-state index contributed by atoms with van der Waals surface area (Å²) in [4.78, 5) is 0. The van der Waals surface area contributed by atoms with Gasteiger partial charge in [0.05, 0.1) is 0 Å². The molecule has 0 fully saturated rings. The summed E-state index contributed by atoms with van der Waals surface area (Å²) in [5.41, 5.74) is 0. The van der Waals surface area contributed by atoms with E-state index in [0.717, 1.165) is 0 Å². The molecule has 0 unspecified atom stereocenters. The Labute approximate surface area is 152 Å². The first-order chi connectivity index (χ1) is 2.00. The summed E-state index contributed by atoms with van der Waals surface area (Å²) < 4.78 is 34.1. The molecular formula is H24Na2O16S. The van der Waals surface area contributed by atoms with Crippen LogP contribution in [0.25, 0.3) is 0 Å². The Hall–Kier alpha value is 1.39. The van der Waals surface area contributed by atoms with Crippen LogP contribution >= 0.6 is 0 Å². The average Bonchev–Trinajstić information content (AvgIpc) is 0.722. The minimum absolute atomic E-state index is 0. The van der Waals surface area contributed by atoms with Crippen molar-refractivity contribution in [2.24, 2.45) is 0 Å². The summed E-state index contributed by atoms with van der Waals surface area (Å²) in [6.07, 6.45) is 0. The second-order valence-corrected chi connectivity index (χ2v) is 1.22. The van der Waals surface area contributed by atoms with E-state index >= 15 is 0 Å². The minimum atomic E-state index is -5.17. The molecule has 0 radical (unpaired) electrons. The van der Waals surface area contributed by atoms with E-state index in [2.05, 4.69) is 0 Å². The predicted octanol–water partition coefficient (Wildman–Crippen LogP) is -17.2. The molecular weight excluding hydrogens is 334 g/mol. The van der Waals surface area contributed by atoms with E-state index in [1.165, 1.54) is 0 Å². The largest absolute Gasteiger partial charge is 1.00 e. The number of hydrogen-bond acceptors (Lipinski definition) is 4. The Bertz CT molecular complexity index is 97.9. The van der Waals surface area contributed by atoms with E-state index in [0.29, 0.717) is 0 Å². The summed E-state index contributed by atoms with van der Waals surface area (Å²) in [6.45, 7) is 0. The number of rotatable bonds is 0. The van der Waals surface area contributed by atoms with Crippen LogP contribution in [0.2, 0.25) is 0 Å². The van der Waals surface area contributed by atoms with Crippen LogP contribution in [0.4, 0.5) is 0 Å². The van der Waals surface area contributed by atoms with E-state index in [9.17, 15) is 0 Å². The maximum absolute atomic E-state index is 8.52. The molecule has 0 rings (SSSR count). The zero-order valence-corrected chi connectivity index (χ0v) is 14.9. The maximum Gasteiger partial charge on any atom is 1.00 e. The summed E-state index contributed by atoms with van der Waals surface area (Å²) in [5.74, 6) is 0. The van der Waals surface area contributed by atoms with E-state index in [1.54, 1.807) is 0 Å². The van der Waals surface area contributed by atoms with E-state index in [1.807, 2.05) is 0 Å². The second kappa shape index (κ2) is 120. The zero-order valence-electron chi connectivity index (χ0n) is 10.0. The zero-order chi connectivity index (χ0) is 4.50. The van der Waals surface area contributed by atoms with Crippen LogP contribution in [0.1, 0.15) is 0 Å². The Morgan fingerprint density at radius 1 is 0.421 bits per heavy atom. The van der Waals surface area contributed by atoms with Gasteiger partial charge < -0.3 is 74.8 Å². The molecule has 0 bridgehead atoms. The first-order valence-corrected chi connectivity index (χ1v) is 2.00. The molecule has 128 valence electrons. The molecule has 0 spiro atoms. The van der Waals surface area contributed by atoms with Crippen molar-refractivity contribution in [3.8, 4) is 0 Å². The van der Waals surface area contributed by atoms with Gasteiger partial charge in [0.15, 0.2) is 0 Å². The maximum atomic E-state index is 8.52. The molecule has 24 N–H and O–H groups in total. The van der Waals surface area contributed by atoms with Crippen molar-refractivity contribution in [3.63, 3.8) is 0 Å². The third-order valence-corrected chi connectivity index (χ3v) is 0. The smallest absolute Gasteiger partial charge is 0.759 e. The molecule has 0 aromatic rings. The average molecular weight is 358 g/mol. The first-order valence-electron chi connectivity index (χ1n) is 0.667. The van der Waals surface area contributed by atoms with E-state index in [4.69, 9.17) is 17.5 Å². The molecule has 0 heterocycles. The van der Waals surface area contributed by atoms with Crippen LogP contribution in [0, 0.1) is 0 Å². The SMILES string of the molecule is O.O.O.O.O.O.O.O.O.O.O.O.O=S(=O)([O-])[O-].[Na+].[Na+]. The molecule has 0 amide bonds. The normalized spacial score (nSPS) is 3.05. The van der Waals surface area contributed by atoms with Gasteiger partial charge >= 0.3 is 59.1 Å². The quantitative estimate of drug-likeness (QED) is 0.231. The molecule has 19 heteroatoms. The Kier molecular flexibility index (Phi) is 1670. The summed E-state index contributed by atoms with van der Waals surface area (Å²) in [5, 5.41) is 0. The van der Waals surface area contributed by atoms with Crippen LogP contribution in [-0.2, 0) is 10.4 Å². The Morgan fingerprint density at radius 3 is 0.421 bits per heavy atom. The summed E-state index contributed by atoms with van der Waals surface area (Å²) in [7, 11) is -5.17. The van der Waals surface area contributed by atoms with Crippen LogP contribution in [-0.4, -0.2) is 83.2 Å². The van der Waals surface area contributed by atoms with Gasteiger partial charge in [-0.1, -0.05) is 0 Å². The molecule has 0 aromatic heterocycles. The molecule has 16 nitrogen and oxygen atoms in total. The van der Waals surface area contributed by atoms with Gasteiger partial charge in [-0.25, -0.2) is 0 Å². The van der Waals surface area contributed by atoms with Crippen molar-refractivity contribution in [2.45, 2.75) is 0 Å². The van der Waals surface area contributed by atoms with Gasteiger partial charge in [-0.05, 0) is 0 Å². The van der Waals surface area contributed by atoms with Crippen LogP contribution < -0.4 is 59.1 Å². The molecule has 0 saturated heterocycles. The van der Waals surface area contributed by atoms with Gasteiger partial charge in [0.25, 0.3) is 0 Å². The Balaban J connectivity index is -0.000000000879. The molecule has 19 heavy (non-hydrogen) atoms. The Morgan fingerprint density at radius 2 is 0.421 bits per heavy atom. The van der Waals surface area contributed by atoms with Crippen molar-refractivity contribution in [3.05, 3.63) is 0 Å². The van der Waals surface area contributed by atoms with Crippen LogP contribution in [0.3, 0.4) is 0 Å². The van der Waals surface area contributed by atoms with E-state index in [-0.39, 0.29) is 125 Å². The van der Waals surface area contributed by atoms with Gasteiger partial charge in [0.2, 0.25) is 0 Å². The molecule has 0 saturated carbocycles. The fourth-order valence-corrected chi connectivity index (χ4v) is 0. The molecule has 0 aromatic carbocycles. The van der Waals surface area contributed by atoms with Crippen molar-refractivity contribution in [1.29, 1.82) is 0 Å². The monoisotopic (exact) mass is 358 g/mol. The fraction of sp³-hybridized carbons (Fsp3) is 0. The molecule has 0 aliphatic carbocycles.